The summed E-state index contributed by atoms with van der Waals surface area (Å²) in [5.41, 5.74) is 6.43. The van der Waals surface area contributed by atoms with Crippen molar-refractivity contribution in [2.45, 2.75) is 10.6 Å². The molecule has 0 fully saturated rings. The molecule has 0 spiro atoms. The number of anilines is 1. The third kappa shape index (κ3) is 2.87. The number of hydrogen-bond donors (Lipinski definition) is 1. The zero-order chi connectivity index (χ0) is 10.7. The normalized spacial score (nSPS) is 10.5. The Bertz CT molecular complexity index is 443. The van der Waals surface area contributed by atoms with Crippen LogP contribution in [0.25, 0.3) is 0 Å². The summed E-state index contributed by atoms with van der Waals surface area (Å²) in [6.45, 7) is 0. The Morgan fingerprint density at radius 2 is 2.33 bits per heavy atom. The first-order valence-electron chi connectivity index (χ1n) is 4.32. The molecule has 0 radical (unpaired) electrons. The van der Waals surface area contributed by atoms with Crippen LogP contribution in [0.4, 0.5) is 5.69 Å². The van der Waals surface area contributed by atoms with Gasteiger partial charge in [0.05, 0.1) is 10.8 Å². The fourth-order valence-electron chi connectivity index (χ4n) is 1.09. The maximum atomic E-state index is 6.04. The summed E-state index contributed by atoms with van der Waals surface area (Å²) in [5.74, 6) is 0.834. The van der Waals surface area contributed by atoms with Crippen LogP contribution >= 0.6 is 34.7 Å². The van der Waals surface area contributed by atoms with Crippen molar-refractivity contribution in [3.8, 4) is 0 Å². The molecule has 2 aromatic rings. The third-order valence-electron chi connectivity index (χ3n) is 1.79. The lowest BCUT2D eigenvalue weighted by atomic mass is 10.3. The van der Waals surface area contributed by atoms with Gasteiger partial charge in [-0.2, -0.15) is 0 Å². The first kappa shape index (κ1) is 10.8. The van der Waals surface area contributed by atoms with E-state index in [1.54, 1.807) is 29.2 Å². The second kappa shape index (κ2) is 4.88. The smallest absolute Gasteiger partial charge is 0.103 e. The van der Waals surface area contributed by atoms with Gasteiger partial charge in [0.15, 0.2) is 0 Å². The molecule has 78 valence electrons. The summed E-state index contributed by atoms with van der Waals surface area (Å²) in [7, 11) is 0. The lowest BCUT2D eigenvalue weighted by Gasteiger charge is -2.03. The highest BCUT2D eigenvalue weighted by Gasteiger charge is 2.03. The molecule has 0 saturated heterocycles. The maximum absolute atomic E-state index is 6.04. The maximum Gasteiger partial charge on any atom is 0.103 e. The Kier molecular flexibility index (Phi) is 3.51. The fourth-order valence-corrected chi connectivity index (χ4v) is 3.00. The quantitative estimate of drug-likeness (QED) is 0.673. The molecule has 5 heteroatoms. The van der Waals surface area contributed by atoms with Crippen LogP contribution in [-0.2, 0) is 5.75 Å². The Morgan fingerprint density at radius 3 is 3.07 bits per heavy atom. The van der Waals surface area contributed by atoms with Crippen LogP contribution in [0.3, 0.4) is 0 Å². The van der Waals surface area contributed by atoms with E-state index in [0.29, 0.717) is 0 Å². The van der Waals surface area contributed by atoms with E-state index in [2.05, 4.69) is 4.98 Å². The number of nitrogens with zero attached hydrogens (tertiary/aromatic N) is 1. The van der Waals surface area contributed by atoms with E-state index in [9.17, 15) is 0 Å². The van der Waals surface area contributed by atoms with Crippen molar-refractivity contribution in [1.82, 2.24) is 4.98 Å². The number of rotatable bonds is 3. The minimum Gasteiger partial charge on any atom is -0.399 e. The van der Waals surface area contributed by atoms with Gasteiger partial charge in [-0.1, -0.05) is 11.6 Å². The monoisotopic (exact) mass is 256 g/mol. The van der Waals surface area contributed by atoms with Crippen LogP contribution in [0.1, 0.15) is 5.01 Å². The largest absolute Gasteiger partial charge is 0.399 e. The standard InChI is InChI=1S/C10H9ClN2S2/c11-8-2-1-7(12)5-9(8)15-6-10-13-3-4-14-10/h1-5H,6,12H2. The number of thioether (sulfide) groups is 1. The summed E-state index contributed by atoms with van der Waals surface area (Å²) < 4.78 is 0. The third-order valence-corrected chi connectivity index (χ3v) is 4.26. The molecule has 0 unspecified atom stereocenters. The molecule has 15 heavy (non-hydrogen) atoms. The Hall–Kier alpha value is -0.710. The van der Waals surface area contributed by atoms with Crippen molar-refractivity contribution >= 4 is 40.4 Å². The first-order chi connectivity index (χ1) is 7.25. The van der Waals surface area contributed by atoms with Crippen molar-refractivity contribution in [3.05, 3.63) is 39.8 Å². The Labute approximate surface area is 101 Å². The predicted octanol–water partition coefficient (Wildman–Crippen LogP) is 3.67. The number of nitrogen functional groups attached to an aromatic ring is 1. The van der Waals surface area contributed by atoms with Gasteiger partial charge in [-0.3, -0.25) is 0 Å². The first-order valence-corrected chi connectivity index (χ1v) is 6.56. The Balaban J connectivity index is 2.07. The van der Waals surface area contributed by atoms with Gasteiger partial charge in [-0.15, -0.1) is 23.1 Å². The van der Waals surface area contributed by atoms with E-state index in [4.69, 9.17) is 17.3 Å². The van der Waals surface area contributed by atoms with Crippen LogP contribution in [0, 0.1) is 0 Å². The number of thiazole rings is 1. The van der Waals surface area contributed by atoms with E-state index in [1.165, 1.54) is 0 Å². The summed E-state index contributed by atoms with van der Waals surface area (Å²) in [5, 5.41) is 3.81. The molecular weight excluding hydrogens is 248 g/mol. The summed E-state index contributed by atoms with van der Waals surface area (Å²) in [6, 6.07) is 5.51. The average Bonchev–Trinajstić information content (AvgIpc) is 2.72. The SMILES string of the molecule is Nc1ccc(Cl)c(SCc2nccs2)c1. The van der Waals surface area contributed by atoms with Gasteiger partial charge in [-0.25, -0.2) is 4.98 Å². The molecule has 2 N–H and O–H groups in total. The van der Waals surface area contributed by atoms with Gasteiger partial charge in [0.25, 0.3) is 0 Å². The van der Waals surface area contributed by atoms with Crippen LogP contribution in [0.5, 0.6) is 0 Å². The van der Waals surface area contributed by atoms with Gasteiger partial charge in [0, 0.05) is 22.2 Å². The van der Waals surface area contributed by atoms with Crippen molar-refractivity contribution < 1.29 is 0 Å². The number of hydrogen-bond acceptors (Lipinski definition) is 4. The molecule has 1 aromatic heterocycles. The predicted molar refractivity (Wildman–Crippen MR) is 67.5 cm³/mol. The molecule has 0 atom stereocenters. The second-order valence-electron chi connectivity index (χ2n) is 2.90. The Morgan fingerprint density at radius 1 is 1.47 bits per heavy atom. The number of aromatic nitrogens is 1. The second-order valence-corrected chi connectivity index (χ2v) is 5.31. The molecule has 0 amide bonds. The van der Waals surface area contributed by atoms with Crippen LogP contribution in [0.2, 0.25) is 5.02 Å². The molecule has 2 nitrogen and oxygen atoms in total. The summed E-state index contributed by atoms with van der Waals surface area (Å²) in [4.78, 5) is 5.21. The molecular formula is C10H9ClN2S2. The van der Waals surface area contributed by atoms with Gasteiger partial charge in [-0.05, 0) is 18.2 Å². The lowest BCUT2D eigenvalue weighted by molar-refractivity contribution is 1.26. The molecule has 1 aromatic carbocycles. The minimum absolute atomic E-state index is 0.737. The van der Waals surface area contributed by atoms with E-state index >= 15 is 0 Å². The van der Waals surface area contributed by atoms with Gasteiger partial charge >= 0.3 is 0 Å². The zero-order valence-corrected chi connectivity index (χ0v) is 10.2. The van der Waals surface area contributed by atoms with Gasteiger partial charge < -0.3 is 5.73 Å². The number of nitrogens with two attached hydrogens (primary N) is 1. The van der Waals surface area contributed by atoms with Crippen LogP contribution in [-0.4, -0.2) is 4.98 Å². The number of halogens is 1. The molecule has 0 aliphatic carbocycles. The highest BCUT2D eigenvalue weighted by atomic mass is 35.5. The molecule has 1 heterocycles. The van der Waals surface area contributed by atoms with Crippen molar-refractivity contribution in [2.24, 2.45) is 0 Å². The molecule has 2 rings (SSSR count). The fraction of sp³-hybridized carbons (Fsp3) is 0.100. The zero-order valence-electron chi connectivity index (χ0n) is 7.81. The molecule has 0 aliphatic rings. The van der Waals surface area contributed by atoms with Crippen molar-refractivity contribution in [1.29, 1.82) is 0 Å². The van der Waals surface area contributed by atoms with Crippen molar-refractivity contribution in [2.75, 3.05) is 5.73 Å². The van der Waals surface area contributed by atoms with E-state index in [-0.39, 0.29) is 0 Å². The summed E-state index contributed by atoms with van der Waals surface area (Å²) >= 11 is 9.34. The van der Waals surface area contributed by atoms with Gasteiger partial charge in [0.1, 0.15) is 5.01 Å². The highest BCUT2D eigenvalue weighted by Crippen LogP contribution is 2.31. The minimum atomic E-state index is 0.737. The average molecular weight is 257 g/mol. The molecule has 0 aliphatic heterocycles. The number of benzene rings is 1. The highest BCUT2D eigenvalue weighted by molar-refractivity contribution is 7.98. The summed E-state index contributed by atoms with van der Waals surface area (Å²) in [6.07, 6.45) is 1.81. The van der Waals surface area contributed by atoms with E-state index < -0.39 is 0 Å². The van der Waals surface area contributed by atoms with Crippen molar-refractivity contribution in [3.63, 3.8) is 0 Å². The molecule has 0 saturated carbocycles. The lowest BCUT2D eigenvalue weighted by Crippen LogP contribution is -1.85. The topological polar surface area (TPSA) is 38.9 Å². The van der Waals surface area contributed by atoms with Gasteiger partial charge in [0.2, 0.25) is 0 Å². The molecule has 0 bridgehead atoms. The van der Waals surface area contributed by atoms with E-state index in [1.807, 2.05) is 23.7 Å². The van der Waals surface area contributed by atoms with Crippen LogP contribution in [0.15, 0.2) is 34.7 Å². The van der Waals surface area contributed by atoms with Crippen LogP contribution < -0.4 is 5.73 Å². The van der Waals surface area contributed by atoms with E-state index in [0.717, 1.165) is 26.4 Å².